The van der Waals surface area contributed by atoms with Crippen molar-refractivity contribution >= 4 is 37.3 Å². The van der Waals surface area contributed by atoms with Gasteiger partial charge in [0.05, 0.1) is 15.5 Å². The zero-order valence-corrected chi connectivity index (χ0v) is 16.1. The van der Waals surface area contributed by atoms with E-state index in [1.807, 2.05) is 0 Å². The molecule has 2 aromatic rings. The standard InChI is InChI=1S/C16H19N3O5S2/c1-12(20)17-13-7-9-15(10-8-13)25(21,22)18-14-5-4-6-16(11-14)26(23,24)19(2)3/h4-11,18H,1-3H3,(H,17,20). The van der Waals surface area contributed by atoms with Crippen molar-refractivity contribution < 1.29 is 21.6 Å². The summed E-state index contributed by atoms with van der Waals surface area (Å²) in [6.45, 7) is 1.35. The Morgan fingerprint density at radius 1 is 0.885 bits per heavy atom. The van der Waals surface area contributed by atoms with E-state index >= 15 is 0 Å². The van der Waals surface area contributed by atoms with Crippen LogP contribution in [0.15, 0.2) is 58.3 Å². The van der Waals surface area contributed by atoms with Crippen LogP contribution in [0, 0.1) is 0 Å². The van der Waals surface area contributed by atoms with E-state index in [0.717, 1.165) is 4.31 Å². The summed E-state index contributed by atoms with van der Waals surface area (Å²) in [6.07, 6.45) is 0. The minimum atomic E-state index is -3.91. The number of carbonyl (C=O) groups excluding carboxylic acids is 1. The lowest BCUT2D eigenvalue weighted by Gasteiger charge is -2.13. The Bertz CT molecular complexity index is 1010. The third kappa shape index (κ3) is 4.59. The van der Waals surface area contributed by atoms with Gasteiger partial charge in [-0.15, -0.1) is 0 Å². The number of hydrogen-bond donors (Lipinski definition) is 2. The number of amides is 1. The second-order valence-corrected chi connectivity index (χ2v) is 9.46. The molecular formula is C16H19N3O5S2. The van der Waals surface area contributed by atoms with Crippen molar-refractivity contribution in [3.05, 3.63) is 48.5 Å². The Morgan fingerprint density at radius 3 is 2.04 bits per heavy atom. The molecule has 26 heavy (non-hydrogen) atoms. The predicted molar refractivity (Wildman–Crippen MR) is 98.9 cm³/mol. The smallest absolute Gasteiger partial charge is 0.261 e. The summed E-state index contributed by atoms with van der Waals surface area (Å²) >= 11 is 0. The van der Waals surface area contributed by atoms with E-state index in [-0.39, 0.29) is 21.4 Å². The number of nitrogens with one attached hydrogen (secondary N) is 2. The molecule has 0 heterocycles. The number of rotatable bonds is 6. The Hall–Kier alpha value is -2.43. The van der Waals surface area contributed by atoms with Crippen LogP contribution in [-0.4, -0.2) is 41.1 Å². The Morgan fingerprint density at radius 2 is 1.50 bits per heavy atom. The van der Waals surface area contributed by atoms with Gasteiger partial charge in [0.2, 0.25) is 15.9 Å². The van der Waals surface area contributed by atoms with E-state index in [1.54, 1.807) is 0 Å². The molecule has 0 radical (unpaired) electrons. The third-order valence-corrected chi connectivity index (χ3v) is 6.56. The van der Waals surface area contributed by atoms with Gasteiger partial charge in [-0.05, 0) is 42.5 Å². The lowest BCUT2D eigenvalue weighted by Crippen LogP contribution is -2.22. The molecule has 0 saturated heterocycles. The quantitative estimate of drug-likeness (QED) is 0.770. The molecule has 0 aromatic heterocycles. The molecular weight excluding hydrogens is 378 g/mol. The molecule has 0 bridgehead atoms. The van der Waals surface area contributed by atoms with Crippen molar-refractivity contribution in [3.63, 3.8) is 0 Å². The Kier molecular flexibility index (Phi) is 5.69. The average Bonchev–Trinajstić information content (AvgIpc) is 2.54. The molecule has 0 spiro atoms. The van der Waals surface area contributed by atoms with Gasteiger partial charge in [0.25, 0.3) is 10.0 Å². The molecule has 0 aliphatic rings. The fourth-order valence-electron chi connectivity index (χ4n) is 2.07. The van der Waals surface area contributed by atoms with Crippen molar-refractivity contribution in [1.82, 2.24) is 4.31 Å². The normalized spacial score (nSPS) is 12.0. The summed E-state index contributed by atoms with van der Waals surface area (Å²) in [4.78, 5) is 11.0. The van der Waals surface area contributed by atoms with Gasteiger partial charge < -0.3 is 5.32 Å². The van der Waals surface area contributed by atoms with Gasteiger partial charge in [0, 0.05) is 26.7 Å². The van der Waals surface area contributed by atoms with Crippen molar-refractivity contribution in [1.29, 1.82) is 0 Å². The average molecular weight is 397 g/mol. The van der Waals surface area contributed by atoms with Crippen LogP contribution in [0.1, 0.15) is 6.92 Å². The van der Waals surface area contributed by atoms with Crippen molar-refractivity contribution in [2.45, 2.75) is 16.7 Å². The number of hydrogen-bond acceptors (Lipinski definition) is 5. The van der Waals surface area contributed by atoms with Gasteiger partial charge in [0.15, 0.2) is 0 Å². The summed E-state index contributed by atoms with van der Waals surface area (Å²) in [7, 11) is -4.81. The van der Waals surface area contributed by atoms with Crippen LogP contribution in [-0.2, 0) is 24.8 Å². The minimum absolute atomic E-state index is 0.0209. The van der Waals surface area contributed by atoms with Crippen LogP contribution in [0.25, 0.3) is 0 Å². The summed E-state index contributed by atoms with van der Waals surface area (Å²) in [5.41, 5.74) is 0.592. The van der Waals surface area contributed by atoms with E-state index in [0.29, 0.717) is 5.69 Å². The first kappa shape index (κ1) is 19.9. The molecule has 0 fully saturated rings. The van der Waals surface area contributed by atoms with E-state index in [9.17, 15) is 21.6 Å². The predicted octanol–water partition coefficient (Wildman–Crippen LogP) is 1.70. The number of anilines is 2. The number of carbonyl (C=O) groups is 1. The maximum atomic E-state index is 12.5. The highest BCUT2D eigenvalue weighted by Crippen LogP contribution is 2.22. The zero-order chi connectivity index (χ0) is 19.5. The summed E-state index contributed by atoms with van der Waals surface area (Å²) in [5, 5.41) is 2.54. The first-order valence-corrected chi connectivity index (χ1v) is 10.4. The molecule has 8 nitrogen and oxygen atoms in total. The minimum Gasteiger partial charge on any atom is -0.326 e. The monoisotopic (exact) mass is 397 g/mol. The van der Waals surface area contributed by atoms with Gasteiger partial charge in [-0.2, -0.15) is 0 Å². The Labute approximate surface area is 152 Å². The van der Waals surface area contributed by atoms with Gasteiger partial charge >= 0.3 is 0 Å². The fraction of sp³-hybridized carbons (Fsp3) is 0.188. The summed E-state index contributed by atoms with van der Waals surface area (Å²) in [6, 6.07) is 11.1. The van der Waals surface area contributed by atoms with Crippen LogP contribution >= 0.6 is 0 Å². The van der Waals surface area contributed by atoms with E-state index in [2.05, 4.69) is 10.0 Å². The van der Waals surface area contributed by atoms with Crippen LogP contribution < -0.4 is 10.0 Å². The lowest BCUT2D eigenvalue weighted by atomic mass is 10.3. The van der Waals surface area contributed by atoms with E-state index in [1.165, 1.54) is 69.6 Å². The molecule has 0 saturated carbocycles. The highest BCUT2D eigenvalue weighted by Gasteiger charge is 2.19. The summed E-state index contributed by atoms with van der Waals surface area (Å²) < 4.78 is 52.7. The molecule has 0 atom stereocenters. The van der Waals surface area contributed by atoms with E-state index in [4.69, 9.17) is 0 Å². The first-order chi connectivity index (χ1) is 12.0. The fourth-order valence-corrected chi connectivity index (χ4v) is 4.06. The van der Waals surface area contributed by atoms with Crippen LogP contribution in [0.4, 0.5) is 11.4 Å². The lowest BCUT2D eigenvalue weighted by molar-refractivity contribution is -0.114. The molecule has 2 rings (SSSR count). The van der Waals surface area contributed by atoms with Crippen molar-refractivity contribution in [2.24, 2.45) is 0 Å². The highest BCUT2D eigenvalue weighted by molar-refractivity contribution is 7.92. The van der Waals surface area contributed by atoms with Gasteiger partial charge in [-0.1, -0.05) is 6.07 Å². The maximum Gasteiger partial charge on any atom is 0.261 e. The second kappa shape index (κ2) is 7.44. The number of nitrogens with zero attached hydrogens (tertiary/aromatic N) is 1. The molecule has 0 aliphatic carbocycles. The van der Waals surface area contributed by atoms with Gasteiger partial charge in [-0.25, -0.2) is 21.1 Å². The highest BCUT2D eigenvalue weighted by atomic mass is 32.2. The molecule has 140 valence electrons. The second-order valence-electron chi connectivity index (χ2n) is 5.63. The number of sulfonamides is 2. The molecule has 10 heteroatoms. The topological polar surface area (TPSA) is 113 Å². The van der Waals surface area contributed by atoms with Crippen molar-refractivity contribution in [2.75, 3.05) is 24.1 Å². The first-order valence-electron chi connectivity index (χ1n) is 7.45. The van der Waals surface area contributed by atoms with E-state index < -0.39 is 20.0 Å². The largest absolute Gasteiger partial charge is 0.326 e. The molecule has 1 amide bonds. The summed E-state index contributed by atoms with van der Waals surface area (Å²) in [5.74, 6) is -0.266. The van der Waals surface area contributed by atoms with Crippen molar-refractivity contribution in [3.8, 4) is 0 Å². The molecule has 0 aliphatic heterocycles. The SMILES string of the molecule is CC(=O)Nc1ccc(S(=O)(=O)Nc2cccc(S(=O)(=O)N(C)C)c2)cc1. The van der Waals surface area contributed by atoms with Gasteiger partial charge in [0.1, 0.15) is 0 Å². The molecule has 2 N–H and O–H groups in total. The van der Waals surface area contributed by atoms with Crippen LogP contribution in [0.2, 0.25) is 0 Å². The maximum absolute atomic E-state index is 12.5. The Balaban J connectivity index is 2.28. The number of benzene rings is 2. The van der Waals surface area contributed by atoms with Crippen LogP contribution in [0.3, 0.4) is 0 Å². The van der Waals surface area contributed by atoms with Gasteiger partial charge in [-0.3, -0.25) is 9.52 Å². The van der Waals surface area contributed by atoms with Crippen LogP contribution in [0.5, 0.6) is 0 Å². The molecule has 0 unspecified atom stereocenters. The third-order valence-electron chi connectivity index (χ3n) is 3.35. The zero-order valence-electron chi connectivity index (χ0n) is 14.4. The molecule has 2 aromatic carbocycles.